The van der Waals surface area contributed by atoms with Crippen LogP contribution >= 0.6 is 0 Å². The molecular weight excluding hydrogens is 252 g/mol. The third-order valence-corrected chi connectivity index (χ3v) is 4.04. The highest BCUT2D eigenvalue weighted by atomic mass is 16.5. The number of hydrogen-bond donors (Lipinski definition) is 1. The number of hydrogen-bond acceptors (Lipinski definition) is 4. The van der Waals surface area contributed by atoms with Crippen molar-refractivity contribution in [1.82, 2.24) is 4.90 Å². The molecule has 4 heteroatoms. The van der Waals surface area contributed by atoms with Gasteiger partial charge in [-0.1, -0.05) is 18.2 Å². The van der Waals surface area contributed by atoms with Crippen molar-refractivity contribution in [1.29, 1.82) is 0 Å². The summed E-state index contributed by atoms with van der Waals surface area (Å²) in [6.45, 7) is 5.32. The molecule has 2 atom stereocenters. The van der Waals surface area contributed by atoms with Gasteiger partial charge < -0.3 is 15.2 Å². The maximum Gasteiger partial charge on any atom is 0.123 e. The Bertz CT molecular complexity index is 411. The van der Waals surface area contributed by atoms with Gasteiger partial charge in [0.15, 0.2) is 0 Å². The van der Waals surface area contributed by atoms with Crippen LogP contribution in [-0.4, -0.2) is 43.9 Å². The van der Waals surface area contributed by atoms with Crippen LogP contribution in [0.2, 0.25) is 0 Å². The van der Waals surface area contributed by atoms with Crippen LogP contribution in [0.25, 0.3) is 0 Å². The SMILES string of the molecule is CCOc1ccccc1CN1CCC(OC)CC1CN. The quantitative estimate of drug-likeness (QED) is 0.865. The first kappa shape index (κ1) is 15.3. The fourth-order valence-corrected chi connectivity index (χ4v) is 2.88. The molecular formula is C16H26N2O2. The average molecular weight is 278 g/mol. The maximum atomic E-state index is 5.93. The van der Waals surface area contributed by atoms with Crippen molar-refractivity contribution in [3.05, 3.63) is 29.8 Å². The van der Waals surface area contributed by atoms with Crippen LogP contribution < -0.4 is 10.5 Å². The zero-order valence-corrected chi connectivity index (χ0v) is 12.5. The molecule has 1 aromatic carbocycles. The van der Waals surface area contributed by atoms with E-state index in [1.54, 1.807) is 7.11 Å². The Morgan fingerprint density at radius 1 is 1.35 bits per heavy atom. The van der Waals surface area contributed by atoms with Gasteiger partial charge in [0.05, 0.1) is 12.7 Å². The third kappa shape index (κ3) is 3.72. The van der Waals surface area contributed by atoms with Crippen LogP contribution in [0.4, 0.5) is 0 Å². The van der Waals surface area contributed by atoms with E-state index >= 15 is 0 Å². The summed E-state index contributed by atoms with van der Waals surface area (Å²) in [5, 5.41) is 0. The van der Waals surface area contributed by atoms with E-state index in [2.05, 4.69) is 17.0 Å². The number of piperidine rings is 1. The topological polar surface area (TPSA) is 47.7 Å². The first-order valence-corrected chi connectivity index (χ1v) is 7.46. The van der Waals surface area contributed by atoms with Crippen LogP contribution in [0.1, 0.15) is 25.3 Å². The average Bonchev–Trinajstić information content (AvgIpc) is 2.50. The summed E-state index contributed by atoms with van der Waals surface area (Å²) in [6.07, 6.45) is 2.44. The largest absolute Gasteiger partial charge is 0.494 e. The summed E-state index contributed by atoms with van der Waals surface area (Å²) < 4.78 is 11.2. The Balaban J connectivity index is 2.05. The highest BCUT2D eigenvalue weighted by molar-refractivity contribution is 5.33. The van der Waals surface area contributed by atoms with Crippen LogP contribution in [0.5, 0.6) is 5.75 Å². The molecule has 2 rings (SSSR count). The van der Waals surface area contributed by atoms with Crippen molar-refractivity contribution in [3.8, 4) is 5.75 Å². The van der Waals surface area contributed by atoms with Crippen molar-refractivity contribution < 1.29 is 9.47 Å². The standard InChI is InChI=1S/C16H26N2O2/c1-3-20-16-7-5-4-6-13(16)12-18-9-8-15(19-2)10-14(18)11-17/h4-7,14-15H,3,8-12,17H2,1-2H3. The van der Waals surface area contributed by atoms with Gasteiger partial charge in [-0.2, -0.15) is 0 Å². The van der Waals surface area contributed by atoms with Crippen LogP contribution in [0.3, 0.4) is 0 Å². The lowest BCUT2D eigenvalue weighted by Gasteiger charge is -2.38. The summed E-state index contributed by atoms with van der Waals surface area (Å²) in [6, 6.07) is 8.66. The van der Waals surface area contributed by atoms with Crippen molar-refractivity contribution >= 4 is 0 Å². The molecule has 0 radical (unpaired) electrons. The highest BCUT2D eigenvalue weighted by Gasteiger charge is 2.27. The van der Waals surface area contributed by atoms with Gasteiger partial charge in [0.1, 0.15) is 5.75 Å². The molecule has 2 unspecified atom stereocenters. The minimum absolute atomic E-state index is 0.349. The first-order valence-electron chi connectivity index (χ1n) is 7.46. The second-order valence-corrected chi connectivity index (χ2v) is 5.28. The Kier molecular flexibility index (Phi) is 5.83. The molecule has 4 nitrogen and oxygen atoms in total. The number of methoxy groups -OCH3 is 1. The fourth-order valence-electron chi connectivity index (χ4n) is 2.88. The fraction of sp³-hybridized carbons (Fsp3) is 0.625. The molecule has 0 aromatic heterocycles. The number of ether oxygens (including phenoxy) is 2. The lowest BCUT2D eigenvalue weighted by atomic mass is 9.98. The summed E-state index contributed by atoms with van der Waals surface area (Å²) in [5.41, 5.74) is 7.17. The van der Waals surface area contributed by atoms with Crippen molar-refractivity contribution in [2.24, 2.45) is 5.73 Å². The van der Waals surface area contributed by atoms with Gasteiger partial charge in [0, 0.05) is 38.3 Å². The molecule has 1 fully saturated rings. The van der Waals surface area contributed by atoms with Crippen molar-refractivity contribution in [2.75, 3.05) is 26.8 Å². The number of benzene rings is 1. The van der Waals surface area contributed by atoms with Crippen LogP contribution in [0, 0.1) is 0 Å². The van der Waals surface area contributed by atoms with Crippen molar-refractivity contribution in [3.63, 3.8) is 0 Å². The smallest absolute Gasteiger partial charge is 0.123 e. The van der Waals surface area contributed by atoms with Gasteiger partial charge in [0.2, 0.25) is 0 Å². The van der Waals surface area contributed by atoms with Gasteiger partial charge in [-0.05, 0) is 25.8 Å². The molecule has 2 N–H and O–H groups in total. The minimum atomic E-state index is 0.349. The predicted octanol–water partition coefficient (Wildman–Crippen LogP) is 2.02. The summed E-state index contributed by atoms with van der Waals surface area (Å²) in [4.78, 5) is 2.45. The lowest BCUT2D eigenvalue weighted by Crippen LogP contribution is -2.48. The van der Waals surface area contributed by atoms with Gasteiger partial charge in [-0.25, -0.2) is 0 Å². The van der Waals surface area contributed by atoms with Crippen molar-refractivity contribution in [2.45, 2.75) is 38.5 Å². The van der Waals surface area contributed by atoms with Gasteiger partial charge >= 0.3 is 0 Å². The molecule has 20 heavy (non-hydrogen) atoms. The number of nitrogens with two attached hydrogens (primary N) is 1. The van der Waals surface area contributed by atoms with E-state index in [4.69, 9.17) is 15.2 Å². The molecule has 1 saturated heterocycles. The molecule has 0 aliphatic carbocycles. The molecule has 1 aromatic rings. The zero-order valence-electron chi connectivity index (χ0n) is 12.5. The normalized spacial score (nSPS) is 23.8. The van der Waals surface area contributed by atoms with E-state index in [-0.39, 0.29) is 0 Å². The number of nitrogens with zero attached hydrogens (tertiary/aromatic N) is 1. The first-order chi connectivity index (χ1) is 9.78. The van der Waals surface area contributed by atoms with E-state index in [1.807, 2.05) is 19.1 Å². The molecule has 0 amide bonds. The van der Waals surface area contributed by atoms with E-state index in [9.17, 15) is 0 Å². The Morgan fingerprint density at radius 2 is 2.15 bits per heavy atom. The molecule has 1 aliphatic rings. The van der Waals surface area contributed by atoms with E-state index in [0.29, 0.717) is 25.3 Å². The van der Waals surface area contributed by atoms with Gasteiger partial charge in [-0.15, -0.1) is 0 Å². The second kappa shape index (κ2) is 7.62. The van der Waals surface area contributed by atoms with E-state index in [1.165, 1.54) is 5.56 Å². The molecule has 1 aliphatic heterocycles. The van der Waals surface area contributed by atoms with E-state index < -0.39 is 0 Å². The van der Waals surface area contributed by atoms with Gasteiger partial charge in [0.25, 0.3) is 0 Å². The van der Waals surface area contributed by atoms with Crippen LogP contribution in [-0.2, 0) is 11.3 Å². The predicted molar refractivity (Wildman–Crippen MR) is 80.9 cm³/mol. The Hall–Kier alpha value is -1.10. The summed E-state index contributed by atoms with van der Waals surface area (Å²) >= 11 is 0. The Labute approximate surface area is 121 Å². The van der Waals surface area contributed by atoms with Gasteiger partial charge in [-0.3, -0.25) is 4.90 Å². The number of para-hydroxylation sites is 1. The molecule has 1 heterocycles. The molecule has 0 bridgehead atoms. The molecule has 112 valence electrons. The maximum absolute atomic E-state index is 5.93. The summed E-state index contributed by atoms with van der Waals surface area (Å²) in [7, 11) is 1.79. The molecule has 0 saturated carbocycles. The minimum Gasteiger partial charge on any atom is -0.494 e. The third-order valence-electron chi connectivity index (χ3n) is 4.04. The Morgan fingerprint density at radius 3 is 2.85 bits per heavy atom. The van der Waals surface area contributed by atoms with Crippen LogP contribution in [0.15, 0.2) is 24.3 Å². The zero-order chi connectivity index (χ0) is 14.4. The number of rotatable bonds is 6. The number of likely N-dealkylation sites (tertiary alicyclic amines) is 1. The second-order valence-electron chi connectivity index (χ2n) is 5.28. The monoisotopic (exact) mass is 278 g/mol. The molecule has 0 spiro atoms. The van der Waals surface area contributed by atoms with E-state index in [0.717, 1.165) is 31.7 Å². The summed E-state index contributed by atoms with van der Waals surface area (Å²) in [5.74, 6) is 0.986. The highest BCUT2D eigenvalue weighted by Crippen LogP contribution is 2.25. The lowest BCUT2D eigenvalue weighted by molar-refractivity contribution is 0.00996.